The monoisotopic (exact) mass is 321 g/mol. The third-order valence-corrected chi connectivity index (χ3v) is 3.49. The number of benzene rings is 2. The van der Waals surface area contributed by atoms with E-state index >= 15 is 0 Å². The molecule has 24 heavy (non-hydrogen) atoms. The molecule has 3 rings (SSSR count). The average Bonchev–Trinajstić information content (AvgIpc) is 3.07. The number of hydrogen-bond acceptors (Lipinski definition) is 3. The van der Waals surface area contributed by atoms with E-state index in [1.54, 1.807) is 30.3 Å². The van der Waals surface area contributed by atoms with Crippen molar-refractivity contribution >= 4 is 17.6 Å². The van der Waals surface area contributed by atoms with Crippen LogP contribution in [-0.4, -0.2) is 17.0 Å². The van der Waals surface area contributed by atoms with Crippen LogP contribution in [0.1, 0.15) is 15.9 Å². The van der Waals surface area contributed by atoms with Gasteiger partial charge in [-0.15, -0.1) is 0 Å². The van der Waals surface area contributed by atoms with Crippen molar-refractivity contribution < 1.29 is 19.1 Å². The molecule has 0 fully saturated rings. The molecule has 1 heterocycles. The summed E-state index contributed by atoms with van der Waals surface area (Å²) in [5.74, 6) is -0.553. The minimum atomic E-state index is -0.890. The molecule has 0 aliphatic rings. The normalized spacial score (nSPS) is 10.3. The number of nitrogens with one attached hydrogen (secondary N) is 1. The SMILES string of the molecule is O=C(O)Cc1ccc(NC(=O)c2coc(-c3ccccc3)c2)cc1. The molecule has 2 N–H and O–H groups in total. The van der Waals surface area contributed by atoms with Crippen molar-refractivity contribution in [1.82, 2.24) is 0 Å². The molecule has 0 bridgehead atoms. The van der Waals surface area contributed by atoms with Gasteiger partial charge in [0.1, 0.15) is 12.0 Å². The summed E-state index contributed by atoms with van der Waals surface area (Å²) in [7, 11) is 0. The summed E-state index contributed by atoms with van der Waals surface area (Å²) in [6.45, 7) is 0. The molecule has 120 valence electrons. The molecule has 0 aliphatic heterocycles. The van der Waals surface area contributed by atoms with Crippen molar-refractivity contribution in [3.63, 3.8) is 0 Å². The van der Waals surface area contributed by atoms with Gasteiger partial charge in [0.2, 0.25) is 0 Å². The number of furan rings is 1. The van der Waals surface area contributed by atoms with Crippen molar-refractivity contribution in [2.24, 2.45) is 0 Å². The molecule has 5 heteroatoms. The fraction of sp³-hybridized carbons (Fsp3) is 0.0526. The van der Waals surface area contributed by atoms with E-state index in [1.165, 1.54) is 6.26 Å². The van der Waals surface area contributed by atoms with Crippen molar-refractivity contribution in [1.29, 1.82) is 0 Å². The fourth-order valence-electron chi connectivity index (χ4n) is 2.29. The Labute approximate surface area is 138 Å². The van der Waals surface area contributed by atoms with Crippen LogP contribution in [-0.2, 0) is 11.2 Å². The second kappa shape index (κ2) is 6.83. The van der Waals surface area contributed by atoms with E-state index < -0.39 is 5.97 Å². The molecular formula is C19H15NO4. The predicted octanol–water partition coefficient (Wildman–Crippen LogP) is 3.83. The summed E-state index contributed by atoms with van der Waals surface area (Å²) in [6, 6.07) is 17.9. The van der Waals surface area contributed by atoms with Crippen LogP contribution in [0.5, 0.6) is 0 Å². The number of carboxylic acid groups (broad SMARTS) is 1. The molecule has 3 aromatic rings. The highest BCUT2D eigenvalue weighted by Gasteiger charge is 2.11. The van der Waals surface area contributed by atoms with Gasteiger partial charge in [-0.3, -0.25) is 9.59 Å². The smallest absolute Gasteiger partial charge is 0.307 e. The third-order valence-electron chi connectivity index (χ3n) is 3.49. The van der Waals surface area contributed by atoms with Crippen LogP contribution in [0.2, 0.25) is 0 Å². The molecular weight excluding hydrogens is 306 g/mol. The first-order valence-electron chi connectivity index (χ1n) is 7.38. The molecule has 1 aromatic heterocycles. The van der Waals surface area contributed by atoms with Crippen LogP contribution in [0, 0.1) is 0 Å². The van der Waals surface area contributed by atoms with Gasteiger partial charge < -0.3 is 14.8 Å². The highest BCUT2D eigenvalue weighted by molar-refractivity contribution is 6.04. The summed E-state index contributed by atoms with van der Waals surface area (Å²) in [5, 5.41) is 11.5. The fourth-order valence-corrected chi connectivity index (χ4v) is 2.29. The summed E-state index contributed by atoms with van der Waals surface area (Å²) in [4.78, 5) is 22.9. The summed E-state index contributed by atoms with van der Waals surface area (Å²) in [6.07, 6.45) is 1.37. The predicted molar refractivity (Wildman–Crippen MR) is 89.9 cm³/mol. The maximum Gasteiger partial charge on any atom is 0.307 e. The second-order valence-corrected chi connectivity index (χ2v) is 5.29. The van der Waals surface area contributed by atoms with Gasteiger partial charge in [-0.2, -0.15) is 0 Å². The zero-order chi connectivity index (χ0) is 16.9. The van der Waals surface area contributed by atoms with Gasteiger partial charge >= 0.3 is 5.97 Å². The lowest BCUT2D eigenvalue weighted by Gasteiger charge is -2.04. The molecule has 0 spiro atoms. The quantitative estimate of drug-likeness (QED) is 0.748. The van der Waals surface area contributed by atoms with E-state index in [0.29, 0.717) is 22.6 Å². The summed E-state index contributed by atoms with van der Waals surface area (Å²) in [5.41, 5.74) is 2.59. The third kappa shape index (κ3) is 3.70. The Morgan fingerprint density at radius 1 is 1.00 bits per heavy atom. The summed E-state index contributed by atoms with van der Waals surface area (Å²) < 4.78 is 5.45. The number of carbonyl (C=O) groups excluding carboxylic acids is 1. The van der Waals surface area contributed by atoms with Gasteiger partial charge in [0.15, 0.2) is 0 Å². The minimum absolute atomic E-state index is 0.0452. The first kappa shape index (κ1) is 15.6. The van der Waals surface area contributed by atoms with Gasteiger partial charge in [0.05, 0.1) is 12.0 Å². The van der Waals surface area contributed by atoms with E-state index in [4.69, 9.17) is 9.52 Å². The first-order valence-corrected chi connectivity index (χ1v) is 7.38. The Hall–Kier alpha value is -3.34. The number of aliphatic carboxylic acids is 1. The van der Waals surface area contributed by atoms with Crippen molar-refractivity contribution in [3.05, 3.63) is 78.1 Å². The van der Waals surface area contributed by atoms with E-state index in [9.17, 15) is 9.59 Å². The van der Waals surface area contributed by atoms with Crippen LogP contribution in [0.25, 0.3) is 11.3 Å². The highest BCUT2D eigenvalue weighted by Crippen LogP contribution is 2.22. The number of carbonyl (C=O) groups is 2. The minimum Gasteiger partial charge on any atom is -0.481 e. The van der Waals surface area contributed by atoms with Crippen molar-refractivity contribution in [2.45, 2.75) is 6.42 Å². The Morgan fingerprint density at radius 2 is 1.71 bits per heavy atom. The van der Waals surface area contributed by atoms with Gasteiger partial charge in [0.25, 0.3) is 5.91 Å². The van der Waals surface area contributed by atoms with Crippen molar-refractivity contribution in [2.75, 3.05) is 5.32 Å². The number of amides is 1. The maximum atomic E-state index is 12.3. The van der Waals surface area contributed by atoms with E-state index in [0.717, 1.165) is 5.56 Å². The zero-order valence-electron chi connectivity index (χ0n) is 12.7. The molecule has 0 atom stereocenters. The molecule has 0 unspecified atom stereocenters. The van der Waals surface area contributed by atoms with Crippen LogP contribution in [0.4, 0.5) is 5.69 Å². The van der Waals surface area contributed by atoms with Crippen LogP contribution < -0.4 is 5.32 Å². The van der Waals surface area contributed by atoms with E-state index in [2.05, 4.69) is 5.32 Å². The average molecular weight is 321 g/mol. The van der Waals surface area contributed by atoms with Crippen LogP contribution >= 0.6 is 0 Å². The van der Waals surface area contributed by atoms with Gasteiger partial charge in [-0.1, -0.05) is 42.5 Å². The number of anilines is 1. The molecule has 0 saturated heterocycles. The molecule has 0 aliphatic carbocycles. The Kier molecular flexibility index (Phi) is 4.43. The Bertz CT molecular complexity index is 851. The Balaban J connectivity index is 1.69. The van der Waals surface area contributed by atoms with Crippen LogP contribution in [0.15, 0.2) is 71.3 Å². The maximum absolute atomic E-state index is 12.3. The highest BCUT2D eigenvalue weighted by atomic mass is 16.4. The second-order valence-electron chi connectivity index (χ2n) is 5.29. The van der Waals surface area contributed by atoms with E-state index in [-0.39, 0.29) is 12.3 Å². The molecule has 0 radical (unpaired) electrons. The van der Waals surface area contributed by atoms with Gasteiger partial charge in [-0.25, -0.2) is 0 Å². The topological polar surface area (TPSA) is 79.5 Å². The number of carboxylic acids is 1. The van der Waals surface area contributed by atoms with Crippen molar-refractivity contribution in [3.8, 4) is 11.3 Å². The molecule has 5 nitrogen and oxygen atoms in total. The zero-order valence-corrected chi connectivity index (χ0v) is 12.7. The van der Waals surface area contributed by atoms with E-state index in [1.807, 2.05) is 30.3 Å². The van der Waals surface area contributed by atoms with Crippen LogP contribution in [0.3, 0.4) is 0 Å². The number of rotatable bonds is 5. The number of hydrogen-bond donors (Lipinski definition) is 2. The summed E-state index contributed by atoms with van der Waals surface area (Å²) >= 11 is 0. The lowest BCUT2D eigenvalue weighted by molar-refractivity contribution is -0.136. The van der Waals surface area contributed by atoms with Gasteiger partial charge in [0, 0.05) is 11.3 Å². The Morgan fingerprint density at radius 3 is 2.38 bits per heavy atom. The van der Waals surface area contributed by atoms with Gasteiger partial charge in [-0.05, 0) is 23.8 Å². The standard InChI is InChI=1S/C19H15NO4/c21-18(22)10-13-6-8-16(9-7-13)20-19(23)15-11-17(24-12-15)14-4-2-1-3-5-14/h1-9,11-12H,10H2,(H,20,23)(H,21,22). The molecule has 2 aromatic carbocycles. The first-order chi connectivity index (χ1) is 11.6. The lowest BCUT2D eigenvalue weighted by Crippen LogP contribution is -2.10. The molecule has 0 saturated carbocycles. The largest absolute Gasteiger partial charge is 0.481 e. The lowest BCUT2D eigenvalue weighted by atomic mass is 10.1. The molecule has 1 amide bonds.